The third-order valence-corrected chi connectivity index (χ3v) is 3.57. The summed E-state index contributed by atoms with van der Waals surface area (Å²) in [7, 11) is 0. The molecule has 3 atom stereocenters. The first-order valence-corrected chi connectivity index (χ1v) is 8.24. The van der Waals surface area contributed by atoms with Gasteiger partial charge in [0.05, 0.1) is 12.7 Å². The number of ether oxygens (including phenoxy) is 1. The lowest BCUT2D eigenvalue weighted by Crippen LogP contribution is -2.31. The lowest BCUT2D eigenvalue weighted by molar-refractivity contribution is -0.0427. The number of nitrogens with one attached hydrogen (secondary N) is 1. The van der Waals surface area contributed by atoms with E-state index in [2.05, 4.69) is 21.3 Å². The molecule has 9 nitrogen and oxygen atoms in total. The van der Waals surface area contributed by atoms with Gasteiger partial charge in [-0.3, -0.25) is 14.3 Å². The molecule has 1 aliphatic rings. The van der Waals surface area contributed by atoms with Gasteiger partial charge >= 0.3 is 12.4 Å². The molecule has 0 spiro atoms. The summed E-state index contributed by atoms with van der Waals surface area (Å²) < 4.78 is 11.1. The minimum Gasteiger partial charge on any atom is -0.390 e. The van der Waals surface area contributed by atoms with Crippen LogP contribution in [0.4, 0.5) is 0 Å². The zero-order valence-corrected chi connectivity index (χ0v) is 11.8. The minimum absolute atomic E-state index is 0.0969. The Kier molecular flexibility index (Phi) is 4.55. The second kappa shape index (κ2) is 5.86. The van der Waals surface area contributed by atoms with E-state index in [1.165, 1.54) is 6.20 Å². The highest BCUT2D eigenvalue weighted by Crippen LogP contribution is 2.38. The van der Waals surface area contributed by atoms with Gasteiger partial charge in [0.15, 0.2) is 0 Å². The molecule has 1 saturated heterocycles. The van der Waals surface area contributed by atoms with Gasteiger partial charge < -0.3 is 24.2 Å². The van der Waals surface area contributed by atoms with E-state index in [0.717, 1.165) is 10.6 Å². The molecule has 0 aliphatic carbocycles. The zero-order chi connectivity index (χ0) is 14.9. The Hall–Kier alpha value is -0.870. The van der Waals surface area contributed by atoms with Crippen molar-refractivity contribution in [2.24, 2.45) is 0 Å². The van der Waals surface area contributed by atoms with E-state index in [0.29, 0.717) is 0 Å². The summed E-state index contributed by atoms with van der Waals surface area (Å²) in [6, 6.07) is 1.15. The van der Waals surface area contributed by atoms with Crippen LogP contribution in [0.3, 0.4) is 0 Å². The van der Waals surface area contributed by atoms with Gasteiger partial charge in [0.2, 0.25) is 0 Å². The number of H-pyrrole nitrogens is 1. The molecule has 1 aliphatic heterocycles. The number of nitrogens with zero attached hydrogens (tertiary/aromatic N) is 1. The van der Waals surface area contributed by atoms with Crippen LogP contribution in [0.5, 0.6) is 0 Å². The first-order chi connectivity index (χ1) is 9.26. The maximum atomic E-state index is 11.6. The quantitative estimate of drug-likeness (QED) is 0.487. The van der Waals surface area contributed by atoms with Crippen molar-refractivity contribution in [2.45, 2.75) is 24.9 Å². The van der Waals surface area contributed by atoms with Crippen LogP contribution in [0, 0.1) is 0 Å². The number of aromatic nitrogens is 2. The number of hydrogen-bond donors (Lipinski definition) is 4. The number of hydrogen-bond acceptors (Lipinski definition) is 6. The fourth-order valence-corrected chi connectivity index (χ4v) is 2.38. The Balaban J connectivity index is 2.08. The van der Waals surface area contributed by atoms with Crippen LogP contribution in [0.25, 0.3) is 0 Å². The maximum absolute atomic E-state index is 11.6. The van der Waals surface area contributed by atoms with Crippen LogP contribution < -0.4 is 11.2 Å². The first kappa shape index (κ1) is 15.5. The molecule has 1 aromatic rings. The fourth-order valence-electron chi connectivity index (χ4n) is 1.86. The van der Waals surface area contributed by atoms with E-state index >= 15 is 0 Å². The van der Waals surface area contributed by atoms with Gasteiger partial charge in [-0.1, -0.05) is 0 Å². The third-order valence-electron chi connectivity index (χ3n) is 2.77. The number of aromatic amines is 1. The molecule has 4 N–H and O–H groups in total. The fraction of sp³-hybridized carbons (Fsp3) is 0.556. The van der Waals surface area contributed by atoms with E-state index in [4.69, 9.17) is 14.5 Å². The summed E-state index contributed by atoms with van der Waals surface area (Å²) in [5.74, 6) is 0. The molecular formula is C9H13N2O7PS. The molecule has 0 radical (unpaired) electrons. The summed E-state index contributed by atoms with van der Waals surface area (Å²) in [6.45, 7) is -4.13. The molecule has 11 heteroatoms. The molecule has 0 bridgehead atoms. The van der Waals surface area contributed by atoms with Gasteiger partial charge in [-0.05, 0) is 11.8 Å². The third kappa shape index (κ3) is 3.83. The standard InChI is InChI=1S/C9H13N2O7PS/c12-5-3-8(11-2-1-7(13)10-9(11)14)18-6(5)4-17-19(15,16)20/h1-2,5-6,8,12H,3-4H2,(H,10,13,14)(H2,15,16,20). The Morgan fingerprint density at radius 1 is 1.55 bits per heavy atom. The SMILES string of the molecule is O=c1ccn(C2CC(O)C(COP(O)(O)=S)O2)c(=O)[nH]1. The van der Waals surface area contributed by atoms with E-state index in [9.17, 15) is 14.7 Å². The van der Waals surface area contributed by atoms with E-state index < -0.39 is 36.4 Å². The van der Waals surface area contributed by atoms with Crippen LogP contribution in [-0.2, 0) is 21.1 Å². The molecule has 2 rings (SSSR count). The lowest BCUT2D eigenvalue weighted by atomic mass is 10.2. The van der Waals surface area contributed by atoms with E-state index in [1.54, 1.807) is 0 Å². The summed E-state index contributed by atoms with van der Waals surface area (Å²) in [6.07, 6.45) is -1.23. The van der Waals surface area contributed by atoms with Crippen molar-refractivity contribution in [1.29, 1.82) is 0 Å². The van der Waals surface area contributed by atoms with Gasteiger partial charge in [0.25, 0.3) is 5.56 Å². The molecule has 0 saturated carbocycles. The molecule has 2 heterocycles. The second-order valence-electron chi connectivity index (χ2n) is 4.24. The Morgan fingerprint density at radius 2 is 2.25 bits per heavy atom. The number of rotatable bonds is 4. The molecule has 0 aromatic carbocycles. The minimum atomic E-state index is -3.83. The van der Waals surface area contributed by atoms with Crippen molar-refractivity contribution >= 4 is 18.5 Å². The summed E-state index contributed by atoms with van der Waals surface area (Å²) in [5, 5.41) is 9.79. The van der Waals surface area contributed by atoms with Crippen molar-refractivity contribution < 1.29 is 24.2 Å². The van der Waals surface area contributed by atoms with Crippen molar-refractivity contribution in [2.75, 3.05) is 6.61 Å². The van der Waals surface area contributed by atoms with E-state index in [-0.39, 0.29) is 13.0 Å². The van der Waals surface area contributed by atoms with Gasteiger partial charge in [-0.2, -0.15) is 0 Å². The van der Waals surface area contributed by atoms with Crippen LogP contribution in [0.2, 0.25) is 0 Å². The van der Waals surface area contributed by atoms with Crippen molar-refractivity contribution in [1.82, 2.24) is 9.55 Å². The predicted molar refractivity (Wildman–Crippen MR) is 70.5 cm³/mol. The van der Waals surface area contributed by atoms with Crippen molar-refractivity contribution in [3.63, 3.8) is 0 Å². The Labute approximate surface area is 117 Å². The van der Waals surface area contributed by atoms with Crippen molar-refractivity contribution in [3.8, 4) is 0 Å². The maximum Gasteiger partial charge on any atom is 0.330 e. The van der Waals surface area contributed by atoms with Crippen LogP contribution in [0.15, 0.2) is 21.9 Å². The molecule has 3 unspecified atom stereocenters. The van der Waals surface area contributed by atoms with Crippen molar-refractivity contribution in [3.05, 3.63) is 33.1 Å². The monoisotopic (exact) mass is 324 g/mol. The second-order valence-corrected chi connectivity index (χ2v) is 6.90. The first-order valence-electron chi connectivity index (χ1n) is 5.61. The van der Waals surface area contributed by atoms with Crippen LogP contribution >= 0.6 is 6.72 Å². The van der Waals surface area contributed by atoms with Gasteiger partial charge in [-0.25, -0.2) is 4.79 Å². The van der Waals surface area contributed by atoms with E-state index in [1.807, 2.05) is 0 Å². The highest BCUT2D eigenvalue weighted by molar-refractivity contribution is 8.06. The Morgan fingerprint density at radius 3 is 2.85 bits per heavy atom. The molecular weight excluding hydrogens is 311 g/mol. The van der Waals surface area contributed by atoms with Crippen LogP contribution in [-0.4, -0.2) is 43.3 Å². The summed E-state index contributed by atoms with van der Waals surface area (Å²) in [4.78, 5) is 42.5. The lowest BCUT2D eigenvalue weighted by Gasteiger charge is -2.17. The van der Waals surface area contributed by atoms with Gasteiger partial charge in [0, 0.05) is 18.7 Å². The van der Waals surface area contributed by atoms with Crippen LogP contribution in [0.1, 0.15) is 12.6 Å². The largest absolute Gasteiger partial charge is 0.390 e. The highest BCUT2D eigenvalue weighted by atomic mass is 32.5. The highest BCUT2D eigenvalue weighted by Gasteiger charge is 2.36. The molecule has 1 fully saturated rings. The normalized spacial score (nSPS) is 26.9. The smallest absolute Gasteiger partial charge is 0.330 e. The molecule has 20 heavy (non-hydrogen) atoms. The van der Waals surface area contributed by atoms with Gasteiger partial charge in [0.1, 0.15) is 12.3 Å². The average molecular weight is 324 g/mol. The summed E-state index contributed by atoms with van der Waals surface area (Å²) in [5.41, 5.74) is -1.20. The molecule has 112 valence electrons. The topological polar surface area (TPSA) is 134 Å². The molecule has 0 amide bonds. The van der Waals surface area contributed by atoms with Gasteiger partial charge in [-0.15, -0.1) is 0 Å². The zero-order valence-electron chi connectivity index (χ0n) is 10.1. The summed E-state index contributed by atoms with van der Waals surface area (Å²) >= 11 is 4.28. The predicted octanol–water partition coefficient (Wildman–Crippen LogP) is -1.59. The number of aliphatic hydroxyl groups is 1. The average Bonchev–Trinajstić information content (AvgIpc) is 2.67. The Bertz CT molecular complexity index is 638. The number of aliphatic hydroxyl groups excluding tert-OH is 1. The molecule has 1 aromatic heterocycles.